The number of hydrazine groups is 1. The molecule has 0 aliphatic rings. The molecule has 1 rings (SSSR count). The third-order valence-corrected chi connectivity index (χ3v) is 2.22. The number of rotatable bonds is 4. The highest BCUT2D eigenvalue weighted by Gasteiger charge is 2.17. The predicted octanol–water partition coefficient (Wildman–Crippen LogP) is 1.49. The molecule has 0 radical (unpaired) electrons. The first-order chi connectivity index (χ1) is 7.19. The van der Waals surface area contributed by atoms with Crippen molar-refractivity contribution >= 4 is 17.5 Å². The molecular weight excluding hydrogens is 216 g/mol. The number of hydrogen-bond donors (Lipinski definition) is 2. The molecule has 0 saturated carbocycles. The van der Waals surface area contributed by atoms with Gasteiger partial charge in [-0.05, 0) is 18.6 Å². The molecule has 3 N–H and O–H groups in total. The summed E-state index contributed by atoms with van der Waals surface area (Å²) in [5, 5.41) is 0.473. The van der Waals surface area contributed by atoms with Crippen LogP contribution in [0, 0.1) is 0 Å². The number of amides is 1. The fourth-order valence-corrected chi connectivity index (χ4v) is 1.29. The Kier molecular flexibility index (Phi) is 4.39. The van der Waals surface area contributed by atoms with Gasteiger partial charge in [0.15, 0.2) is 6.10 Å². The van der Waals surface area contributed by atoms with Crippen LogP contribution in [0.4, 0.5) is 0 Å². The number of carbonyl (C=O) groups is 1. The summed E-state index contributed by atoms with van der Waals surface area (Å²) in [5.74, 6) is 5.15. The SMILES string of the molecule is CCC(Oc1ccccc1Cl)C(=O)NN. The largest absolute Gasteiger partial charge is 0.479 e. The van der Waals surface area contributed by atoms with E-state index in [1.54, 1.807) is 24.3 Å². The lowest BCUT2D eigenvalue weighted by atomic mass is 10.2. The Labute approximate surface area is 93.3 Å². The predicted molar refractivity (Wildman–Crippen MR) is 58.5 cm³/mol. The summed E-state index contributed by atoms with van der Waals surface area (Å²) < 4.78 is 5.42. The highest BCUT2D eigenvalue weighted by Crippen LogP contribution is 2.24. The Hall–Kier alpha value is -1.26. The van der Waals surface area contributed by atoms with E-state index in [1.165, 1.54) is 0 Å². The maximum Gasteiger partial charge on any atom is 0.274 e. The van der Waals surface area contributed by atoms with Gasteiger partial charge in [0.2, 0.25) is 0 Å². The maximum absolute atomic E-state index is 11.3. The van der Waals surface area contributed by atoms with Gasteiger partial charge in [-0.3, -0.25) is 10.2 Å². The standard InChI is InChI=1S/C10H13ClN2O2/c1-2-8(10(14)13-12)15-9-6-4-3-5-7(9)11/h3-6,8H,2,12H2,1H3,(H,13,14). The molecule has 4 nitrogen and oxygen atoms in total. The van der Waals surface area contributed by atoms with Gasteiger partial charge in [0.25, 0.3) is 5.91 Å². The second-order valence-corrected chi connectivity index (χ2v) is 3.36. The van der Waals surface area contributed by atoms with E-state index < -0.39 is 6.10 Å². The van der Waals surface area contributed by atoms with Crippen molar-refractivity contribution in [2.75, 3.05) is 0 Å². The molecule has 0 fully saturated rings. The molecule has 0 heterocycles. The first-order valence-corrected chi connectivity index (χ1v) is 4.98. The van der Waals surface area contributed by atoms with Crippen molar-refractivity contribution in [2.45, 2.75) is 19.4 Å². The summed E-state index contributed by atoms with van der Waals surface area (Å²) in [6.45, 7) is 1.83. The molecule has 0 aliphatic heterocycles. The normalized spacial score (nSPS) is 11.9. The van der Waals surface area contributed by atoms with Crippen molar-refractivity contribution < 1.29 is 9.53 Å². The molecule has 1 aromatic rings. The molecule has 15 heavy (non-hydrogen) atoms. The van der Waals surface area contributed by atoms with E-state index in [4.69, 9.17) is 22.2 Å². The van der Waals surface area contributed by atoms with Crippen LogP contribution in [-0.2, 0) is 4.79 Å². The van der Waals surface area contributed by atoms with Crippen LogP contribution in [0.5, 0.6) is 5.75 Å². The highest BCUT2D eigenvalue weighted by molar-refractivity contribution is 6.32. The number of benzene rings is 1. The third kappa shape index (κ3) is 3.11. The Morgan fingerprint density at radius 1 is 1.60 bits per heavy atom. The lowest BCUT2D eigenvalue weighted by Gasteiger charge is -2.16. The van der Waals surface area contributed by atoms with Crippen molar-refractivity contribution in [3.8, 4) is 5.75 Å². The molecule has 5 heteroatoms. The average molecular weight is 229 g/mol. The maximum atomic E-state index is 11.3. The second-order valence-electron chi connectivity index (χ2n) is 2.95. The monoisotopic (exact) mass is 228 g/mol. The van der Waals surface area contributed by atoms with Gasteiger partial charge in [-0.25, -0.2) is 5.84 Å². The zero-order valence-electron chi connectivity index (χ0n) is 8.37. The molecular formula is C10H13ClN2O2. The minimum Gasteiger partial charge on any atom is -0.479 e. The van der Waals surface area contributed by atoms with Crippen LogP contribution in [0.15, 0.2) is 24.3 Å². The first-order valence-electron chi connectivity index (χ1n) is 4.60. The second kappa shape index (κ2) is 5.58. The zero-order chi connectivity index (χ0) is 11.3. The first kappa shape index (κ1) is 11.8. The summed E-state index contributed by atoms with van der Waals surface area (Å²) in [6.07, 6.45) is -0.0938. The van der Waals surface area contributed by atoms with Gasteiger partial charge in [0, 0.05) is 0 Å². The van der Waals surface area contributed by atoms with Gasteiger partial charge >= 0.3 is 0 Å². The molecule has 0 bridgehead atoms. The third-order valence-electron chi connectivity index (χ3n) is 1.91. The minimum atomic E-state index is -0.616. The molecule has 1 unspecified atom stereocenters. The highest BCUT2D eigenvalue weighted by atomic mass is 35.5. The zero-order valence-corrected chi connectivity index (χ0v) is 9.12. The quantitative estimate of drug-likeness (QED) is 0.466. The van der Waals surface area contributed by atoms with Crippen LogP contribution < -0.4 is 16.0 Å². The van der Waals surface area contributed by atoms with Crippen molar-refractivity contribution in [1.29, 1.82) is 0 Å². The molecule has 82 valence electrons. The average Bonchev–Trinajstić information content (AvgIpc) is 2.27. The Morgan fingerprint density at radius 2 is 2.27 bits per heavy atom. The van der Waals surface area contributed by atoms with E-state index in [2.05, 4.69) is 0 Å². The van der Waals surface area contributed by atoms with Gasteiger partial charge < -0.3 is 4.74 Å². The summed E-state index contributed by atoms with van der Waals surface area (Å²) in [5.41, 5.74) is 2.05. The molecule has 1 amide bonds. The Bertz CT molecular complexity index is 344. The van der Waals surface area contributed by atoms with Gasteiger partial charge in [-0.2, -0.15) is 0 Å². The summed E-state index contributed by atoms with van der Waals surface area (Å²) in [4.78, 5) is 11.3. The number of ether oxygens (including phenoxy) is 1. The van der Waals surface area contributed by atoms with E-state index in [1.807, 2.05) is 12.3 Å². The smallest absolute Gasteiger partial charge is 0.274 e. The van der Waals surface area contributed by atoms with E-state index in [0.717, 1.165) is 0 Å². The van der Waals surface area contributed by atoms with Crippen molar-refractivity contribution in [1.82, 2.24) is 5.43 Å². The lowest BCUT2D eigenvalue weighted by Crippen LogP contribution is -2.41. The van der Waals surface area contributed by atoms with Crippen LogP contribution in [0.2, 0.25) is 5.02 Å². The van der Waals surface area contributed by atoms with Crippen LogP contribution in [0.3, 0.4) is 0 Å². The number of carbonyl (C=O) groups excluding carboxylic acids is 1. The van der Waals surface area contributed by atoms with Gasteiger partial charge in [-0.15, -0.1) is 0 Å². The topological polar surface area (TPSA) is 64.3 Å². The van der Waals surface area contributed by atoms with E-state index in [9.17, 15) is 4.79 Å². The van der Waals surface area contributed by atoms with Gasteiger partial charge in [-0.1, -0.05) is 30.7 Å². The Balaban J connectivity index is 2.75. The van der Waals surface area contributed by atoms with Crippen molar-refractivity contribution in [3.05, 3.63) is 29.3 Å². The van der Waals surface area contributed by atoms with E-state index >= 15 is 0 Å². The lowest BCUT2D eigenvalue weighted by molar-refractivity contribution is -0.128. The molecule has 0 aromatic heterocycles. The van der Waals surface area contributed by atoms with Gasteiger partial charge in [0.05, 0.1) is 5.02 Å². The molecule has 0 spiro atoms. The number of nitrogens with two attached hydrogens (primary N) is 1. The number of hydrogen-bond acceptors (Lipinski definition) is 3. The number of halogens is 1. The van der Waals surface area contributed by atoms with E-state index in [0.29, 0.717) is 17.2 Å². The van der Waals surface area contributed by atoms with Crippen LogP contribution >= 0.6 is 11.6 Å². The summed E-state index contributed by atoms with van der Waals surface area (Å²) in [7, 11) is 0. The number of nitrogens with one attached hydrogen (secondary N) is 1. The fraction of sp³-hybridized carbons (Fsp3) is 0.300. The summed E-state index contributed by atoms with van der Waals surface area (Å²) in [6, 6.07) is 6.98. The van der Waals surface area contributed by atoms with Gasteiger partial charge in [0.1, 0.15) is 5.75 Å². The van der Waals surface area contributed by atoms with Crippen LogP contribution in [0.1, 0.15) is 13.3 Å². The van der Waals surface area contributed by atoms with Crippen molar-refractivity contribution in [3.63, 3.8) is 0 Å². The fourth-order valence-electron chi connectivity index (χ4n) is 1.11. The molecule has 0 saturated heterocycles. The molecule has 1 aromatic carbocycles. The minimum absolute atomic E-state index is 0.364. The van der Waals surface area contributed by atoms with Crippen molar-refractivity contribution in [2.24, 2.45) is 5.84 Å². The van der Waals surface area contributed by atoms with Crippen LogP contribution in [0.25, 0.3) is 0 Å². The number of para-hydroxylation sites is 1. The van der Waals surface area contributed by atoms with E-state index in [-0.39, 0.29) is 5.91 Å². The summed E-state index contributed by atoms with van der Waals surface area (Å²) >= 11 is 5.89. The molecule has 1 atom stereocenters. The van der Waals surface area contributed by atoms with Crippen LogP contribution in [-0.4, -0.2) is 12.0 Å². The molecule has 0 aliphatic carbocycles. The Morgan fingerprint density at radius 3 is 2.80 bits per heavy atom.